The summed E-state index contributed by atoms with van der Waals surface area (Å²) in [6.07, 6.45) is 0.540. The second-order valence-corrected chi connectivity index (χ2v) is 11.8. The Hall–Kier alpha value is -5.97. The van der Waals surface area contributed by atoms with Gasteiger partial charge in [-0.1, -0.05) is 43.3 Å². The molecule has 0 spiro atoms. The summed E-state index contributed by atoms with van der Waals surface area (Å²) in [5.41, 5.74) is 16.1. The number of carbonyl (C=O) groups is 4. The van der Waals surface area contributed by atoms with E-state index in [0.717, 1.165) is 22.4 Å². The number of amides is 2. The Morgan fingerprint density at radius 1 is 0.915 bits per heavy atom. The zero-order valence-corrected chi connectivity index (χ0v) is 25.7. The van der Waals surface area contributed by atoms with Crippen LogP contribution in [0.2, 0.25) is 0 Å². The van der Waals surface area contributed by atoms with E-state index in [1.165, 1.54) is 18.2 Å². The van der Waals surface area contributed by atoms with Crippen molar-refractivity contribution < 1.29 is 29.4 Å². The third-order valence-corrected chi connectivity index (χ3v) is 8.56. The van der Waals surface area contributed by atoms with Crippen LogP contribution in [0.3, 0.4) is 0 Å². The van der Waals surface area contributed by atoms with Gasteiger partial charge in [-0.05, 0) is 89.2 Å². The van der Waals surface area contributed by atoms with Crippen LogP contribution in [0.4, 0.5) is 11.4 Å². The number of aliphatic carboxylic acids is 1. The van der Waals surface area contributed by atoms with Crippen LogP contribution in [0.25, 0.3) is 11.1 Å². The largest absolute Gasteiger partial charge is 0.481 e. The minimum Gasteiger partial charge on any atom is -0.481 e. The number of benzene rings is 4. The lowest BCUT2D eigenvalue weighted by Gasteiger charge is -2.42. The highest BCUT2D eigenvalue weighted by Gasteiger charge is 2.39. The number of rotatable bonds is 11. The van der Waals surface area contributed by atoms with E-state index < -0.39 is 23.3 Å². The number of carboxylic acids is 2. The lowest BCUT2D eigenvalue weighted by molar-refractivity contribution is -0.137. The van der Waals surface area contributed by atoms with Crippen LogP contribution in [0.5, 0.6) is 0 Å². The third-order valence-electron chi connectivity index (χ3n) is 8.56. The molecule has 1 aliphatic heterocycles. The average Bonchev–Trinajstić information content (AvgIpc) is 3.04. The van der Waals surface area contributed by atoms with Crippen molar-refractivity contribution >= 4 is 41.0 Å². The van der Waals surface area contributed by atoms with Crippen LogP contribution >= 0.6 is 0 Å². The quantitative estimate of drug-likeness (QED) is 0.0827. The van der Waals surface area contributed by atoms with E-state index in [1.807, 2.05) is 54.6 Å². The maximum Gasteiger partial charge on any atom is 0.336 e. The average molecular weight is 634 g/mol. The highest BCUT2D eigenvalue weighted by molar-refractivity contribution is 6.02. The van der Waals surface area contributed by atoms with E-state index in [0.29, 0.717) is 28.8 Å². The fourth-order valence-corrected chi connectivity index (χ4v) is 6.16. The summed E-state index contributed by atoms with van der Waals surface area (Å²) in [6, 6.07) is 24.7. The van der Waals surface area contributed by atoms with Gasteiger partial charge in [0.15, 0.2) is 0 Å². The van der Waals surface area contributed by atoms with Gasteiger partial charge >= 0.3 is 11.9 Å². The Morgan fingerprint density at radius 2 is 1.64 bits per heavy atom. The van der Waals surface area contributed by atoms with Crippen molar-refractivity contribution in [2.45, 2.75) is 44.1 Å². The van der Waals surface area contributed by atoms with Crippen molar-refractivity contribution in [1.82, 2.24) is 0 Å². The van der Waals surface area contributed by atoms with E-state index in [2.05, 4.69) is 17.6 Å². The van der Waals surface area contributed by atoms with Gasteiger partial charge in [0.25, 0.3) is 0 Å². The summed E-state index contributed by atoms with van der Waals surface area (Å²) in [5, 5.41) is 33.5. The fraction of sp³-hybridized carbons (Fsp3) is 0.194. The number of aromatic carboxylic acids is 1. The number of primary amides is 1. The van der Waals surface area contributed by atoms with Crippen molar-refractivity contribution in [3.8, 4) is 11.1 Å². The fourth-order valence-electron chi connectivity index (χ4n) is 6.16. The van der Waals surface area contributed by atoms with E-state index in [1.54, 1.807) is 12.1 Å². The lowest BCUT2D eigenvalue weighted by atomic mass is 9.68. The van der Waals surface area contributed by atoms with Crippen LogP contribution < -0.4 is 22.1 Å². The van der Waals surface area contributed by atoms with Crippen LogP contribution in [-0.2, 0) is 15.0 Å². The van der Waals surface area contributed by atoms with Gasteiger partial charge in [-0.2, -0.15) is 0 Å². The molecule has 0 saturated carbocycles. The van der Waals surface area contributed by atoms with E-state index >= 15 is 0 Å². The molecule has 0 radical (unpaired) electrons. The molecule has 11 heteroatoms. The number of carboxylic acid groups (broad SMARTS) is 2. The molecule has 0 aliphatic carbocycles. The highest BCUT2D eigenvalue weighted by atomic mass is 16.4. The zero-order valence-electron chi connectivity index (χ0n) is 25.7. The Morgan fingerprint density at radius 3 is 2.30 bits per heavy atom. The molecule has 1 aliphatic rings. The van der Waals surface area contributed by atoms with Gasteiger partial charge in [0.2, 0.25) is 11.8 Å². The van der Waals surface area contributed by atoms with Gasteiger partial charge in [0.1, 0.15) is 5.84 Å². The Balaban J connectivity index is 1.64. The molecule has 0 bridgehead atoms. The second-order valence-electron chi connectivity index (χ2n) is 11.8. The normalized spacial score (nSPS) is 16.7. The molecule has 4 aromatic rings. The monoisotopic (exact) mass is 633 g/mol. The number of nitrogen functional groups attached to an aromatic ring is 1. The van der Waals surface area contributed by atoms with Crippen LogP contribution in [0.15, 0.2) is 84.9 Å². The SMILES string of the molecule is CC1(c2ccccc2)CC(c2cc(NC(=O)CCCC(=O)O)cc(-c3ccc(C(N)=O)cc3C(=O)O)c2)Nc2ccc(C(=N)N)cc21. The number of anilines is 2. The highest BCUT2D eigenvalue weighted by Crippen LogP contribution is 2.49. The van der Waals surface area contributed by atoms with Gasteiger partial charge in [-0.25, -0.2) is 4.79 Å². The molecule has 1 heterocycles. The molecule has 2 atom stereocenters. The summed E-state index contributed by atoms with van der Waals surface area (Å²) in [4.78, 5) is 48.0. The molecular weight excluding hydrogens is 598 g/mol. The molecule has 11 nitrogen and oxygen atoms in total. The standard InChI is InChI=1S/C36H35N5O6/c1-36(24-6-3-2-4-7-24)19-30(41-29-13-11-20(33(37)38)18-28(29)36)23-14-22(15-25(16-23)40-31(42)8-5-9-32(43)44)26-12-10-21(34(39)45)17-27(26)35(46)47/h2-4,6-7,10-18,30,41H,5,8-9,19H2,1H3,(H3,37,38)(H2,39,45)(H,40,42)(H,43,44)(H,46,47). The van der Waals surface area contributed by atoms with Gasteiger partial charge in [0.05, 0.1) is 11.6 Å². The van der Waals surface area contributed by atoms with E-state index in [9.17, 15) is 24.3 Å². The molecule has 0 fully saturated rings. The molecule has 4 aromatic carbocycles. The molecule has 47 heavy (non-hydrogen) atoms. The van der Waals surface area contributed by atoms with Crippen LogP contribution in [-0.4, -0.2) is 39.8 Å². The predicted molar refractivity (Wildman–Crippen MR) is 179 cm³/mol. The molecule has 2 amide bonds. The van der Waals surface area contributed by atoms with Gasteiger partial charge < -0.3 is 32.3 Å². The smallest absolute Gasteiger partial charge is 0.336 e. The third kappa shape index (κ3) is 6.99. The molecule has 2 unspecified atom stereocenters. The number of carbonyl (C=O) groups excluding carboxylic acids is 2. The summed E-state index contributed by atoms with van der Waals surface area (Å²) in [5.74, 6) is -3.44. The molecule has 240 valence electrons. The molecule has 5 rings (SSSR count). The lowest BCUT2D eigenvalue weighted by Crippen LogP contribution is -2.35. The summed E-state index contributed by atoms with van der Waals surface area (Å²) in [7, 11) is 0. The number of amidine groups is 1. The first-order valence-corrected chi connectivity index (χ1v) is 15.0. The van der Waals surface area contributed by atoms with Crippen LogP contribution in [0, 0.1) is 5.41 Å². The maximum absolute atomic E-state index is 12.9. The van der Waals surface area contributed by atoms with Crippen molar-refractivity contribution in [2.24, 2.45) is 11.5 Å². The Kier molecular flexibility index (Phi) is 9.09. The molecule has 0 aromatic heterocycles. The van der Waals surface area contributed by atoms with E-state index in [4.69, 9.17) is 22.0 Å². The zero-order chi connectivity index (χ0) is 33.9. The first kappa shape index (κ1) is 32.4. The number of hydrogen-bond acceptors (Lipinski definition) is 6. The minimum absolute atomic E-state index is 0.0147. The van der Waals surface area contributed by atoms with Gasteiger partial charge in [0, 0.05) is 40.8 Å². The van der Waals surface area contributed by atoms with Gasteiger partial charge in [-0.3, -0.25) is 19.8 Å². The predicted octanol–water partition coefficient (Wildman–Crippen LogP) is 5.49. The number of fused-ring (bicyclic) bond motifs is 1. The molecule has 9 N–H and O–H groups in total. The first-order chi connectivity index (χ1) is 22.4. The van der Waals surface area contributed by atoms with Crippen molar-refractivity contribution in [3.05, 3.63) is 118 Å². The summed E-state index contributed by atoms with van der Waals surface area (Å²) in [6.45, 7) is 2.12. The van der Waals surface area contributed by atoms with Crippen molar-refractivity contribution in [3.63, 3.8) is 0 Å². The molecular formula is C36H35N5O6. The van der Waals surface area contributed by atoms with E-state index in [-0.39, 0.29) is 48.2 Å². The summed E-state index contributed by atoms with van der Waals surface area (Å²) < 4.78 is 0. The van der Waals surface area contributed by atoms with Gasteiger partial charge in [-0.15, -0.1) is 0 Å². The first-order valence-electron chi connectivity index (χ1n) is 15.0. The summed E-state index contributed by atoms with van der Waals surface area (Å²) >= 11 is 0. The number of nitrogens with one attached hydrogen (secondary N) is 3. The number of hydrogen-bond donors (Lipinski definition) is 7. The minimum atomic E-state index is -1.25. The van der Waals surface area contributed by atoms with Crippen molar-refractivity contribution in [1.29, 1.82) is 5.41 Å². The Bertz CT molecular complexity index is 1910. The topological polar surface area (TPSA) is 209 Å². The Labute approximate surface area is 271 Å². The molecule has 0 saturated heterocycles. The number of nitrogens with two attached hydrogens (primary N) is 2. The second kappa shape index (κ2) is 13.2. The van der Waals surface area contributed by atoms with Crippen LogP contribution in [0.1, 0.15) is 81.6 Å². The van der Waals surface area contributed by atoms with Crippen molar-refractivity contribution in [2.75, 3.05) is 10.6 Å². The maximum atomic E-state index is 12.9.